The third-order valence-corrected chi connectivity index (χ3v) is 14.3. The number of benzene rings is 2. The fraction of sp³-hybridized carbons (Fsp3) is 0.444. The summed E-state index contributed by atoms with van der Waals surface area (Å²) in [6, 6.07) is 8.07. The van der Waals surface area contributed by atoms with Gasteiger partial charge in [-0.1, -0.05) is 57.5 Å². The van der Waals surface area contributed by atoms with E-state index in [1.54, 1.807) is 12.1 Å². The summed E-state index contributed by atoms with van der Waals surface area (Å²) in [6.07, 6.45) is 9.72. The van der Waals surface area contributed by atoms with Crippen molar-refractivity contribution in [3.05, 3.63) is 93.7 Å². The molecule has 1 unspecified atom stereocenters. The molecule has 14 nitrogen and oxygen atoms in total. The van der Waals surface area contributed by atoms with Gasteiger partial charge in [-0.05, 0) is 96.9 Å². The Morgan fingerprint density at radius 1 is 0.750 bits per heavy atom. The van der Waals surface area contributed by atoms with E-state index in [1.165, 1.54) is 24.3 Å². The van der Waals surface area contributed by atoms with Crippen molar-refractivity contribution in [1.82, 2.24) is 0 Å². The maximum absolute atomic E-state index is 12.0. The number of rotatable bonds is 13. The summed E-state index contributed by atoms with van der Waals surface area (Å²) in [5.41, 5.74) is 3.32. The van der Waals surface area contributed by atoms with Crippen molar-refractivity contribution in [3.63, 3.8) is 0 Å². The standard InChI is InChI=1S/C36H45ClN2O12S4.K.H/c1-35(2)28-22-26(54(46,47)48)12-14-30(28)38(18-6-20-52(40,41)42)32(35)16-10-24-8-5-9-25(34(24)37)11-17-33-36(3,4)29-23-27(55(49,50)51)13-15-31(29)39(33)19-7-21-53(43,44)45;;/h10-17,22-23,32H,5-9,18-21H2,1-4H3,(H,40,41,42)(H,43,44,45)(H,46,47,48)(H,49,50,51);;/b16-10+,25-11+,33-17+;;. The molecule has 20 heteroatoms. The second-order valence-corrected chi connectivity index (χ2v) is 21.4. The van der Waals surface area contributed by atoms with E-state index in [-0.39, 0.29) is 87.1 Å². The fourth-order valence-corrected chi connectivity index (χ4v) is 10.0. The zero-order valence-corrected chi connectivity index (χ0v) is 34.7. The molecular formula is C36H46ClKN2O12S4. The summed E-state index contributed by atoms with van der Waals surface area (Å²) in [5.74, 6) is -0.954. The van der Waals surface area contributed by atoms with E-state index in [1.807, 2.05) is 61.8 Å². The second kappa shape index (κ2) is 17.3. The van der Waals surface area contributed by atoms with Crippen LogP contribution in [0.2, 0.25) is 0 Å². The van der Waals surface area contributed by atoms with Crippen LogP contribution in [-0.2, 0) is 51.3 Å². The van der Waals surface area contributed by atoms with E-state index in [4.69, 9.17) is 11.6 Å². The Balaban J connectivity index is 0.00000696. The van der Waals surface area contributed by atoms with Gasteiger partial charge in [-0.3, -0.25) is 18.2 Å². The Labute approximate surface area is 377 Å². The zero-order chi connectivity index (χ0) is 40.9. The van der Waals surface area contributed by atoms with Crippen molar-refractivity contribution in [2.24, 2.45) is 0 Å². The van der Waals surface area contributed by atoms with Crippen LogP contribution in [0.15, 0.2) is 92.4 Å². The van der Waals surface area contributed by atoms with Crippen molar-refractivity contribution >= 4 is 115 Å². The Bertz CT molecular complexity index is 2460. The number of fused-ring (bicyclic) bond motifs is 2. The molecule has 5 rings (SSSR count). The van der Waals surface area contributed by atoms with E-state index in [2.05, 4.69) is 0 Å². The Hall–Kier alpha value is -1.43. The quantitative estimate of drug-likeness (QED) is 0.146. The molecule has 1 aliphatic carbocycles. The van der Waals surface area contributed by atoms with Gasteiger partial charge in [0.2, 0.25) is 0 Å². The van der Waals surface area contributed by atoms with Gasteiger partial charge >= 0.3 is 51.4 Å². The summed E-state index contributed by atoms with van der Waals surface area (Å²) in [5, 5.41) is 0.499. The summed E-state index contributed by atoms with van der Waals surface area (Å²) in [4.78, 5) is 3.24. The van der Waals surface area contributed by atoms with Crippen LogP contribution < -0.4 is 9.80 Å². The van der Waals surface area contributed by atoms with E-state index in [0.29, 0.717) is 46.1 Å². The number of halogens is 1. The first-order chi connectivity index (χ1) is 25.2. The normalized spacial score (nSPS) is 21.2. The molecule has 0 aromatic heterocycles. The number of anilines is 2. The molecule has 2 aromatic carbocycles. The first kappa shape index (κ1) is 47.2. The summed E-state index contributed by atoms with van der Waals surface area (Å²) in [6.45, 7) is 7.97. The van der Waals surface area contributed by atoms with Crippen LogP contribution >= 0.6 is 11.6 Å². The van der Waals surface area contributed by atoms with E-state index >= 15 is 0 Å². The van der Waals surface area contributed by atoms with Crippen molar-refractivity contribution in [1.29, 1.82) is 0 Å². The van der Waals surface area contributed by atoms with Gasteiger partial charge < -0.3 is 9.80 Å². The van der Waals surface area contributed by atoms with E-state index < -0.39 is 68.9 Å². The topological polar surface area (TPSA) is 224 Å². The van der Waals surface area contributed by atoms with Gasteiger partial charge in [0.25, 0.3) is 40.5 Å². The Morgan fingerprint density at radius 2 is 1.29 bits per heavy atom. The van der Waals surface area contributed by atoms with E-state index in [0.717, 1.165) is 17.6 Å². The third-order valence-electron chi connectivity index (χ3n) is 10.5. The average molecular weight is 902 g/mol. The SMILES string of the molecule is CC1(C)/C(=C\C=C2/CCCC(/C=C/C3N(CCCS(=O)(=O)O)c4ccc(S(=O)(=O)O)cc4C3(C)C)=C2Cl)N(CCCS(=O)(=O)O)c2ccc(S(=O)(=O)O)cc21.[KH]. The molecule has 0 saturated heterocycles. The van der Waals surface area contributed by atoms with Crippen LogP contribution in [-0.4, -0.2) is 134 Å². The summed E-state index contributed by atoms with van der Waals surface area (Å²) in [7, 11) is -17.5. The predicted octanol–water partition coefficient (Wildman–Crippen LogP) is 5.39. The molecule has 4 N–H and O–H groups in total. The van der Waals surface area contributed by atoms with Gasteiger partial charge in [0, 0.05) is 46.0 Å². The van der Waals surface area contributed by atoms with Crippen molar-refractivity contribution < 1.29 is 51.9 Å². The molecule has 1 atom stereocenters. The molecular weight excluding hydrogens is 855 g/mol. The third kappa shape index (κ3) is 10.6. The van der Waals surface area contributed by atoms with Crippen LogP contribution in [0.3, 0.4) is 0 Å². The molecule has 2 aliphatic heterocycles. The van der Waals surface area contributed by atoms with Gasteiger partial charge in [-0.25, -0.2) is 0 Å². The van der Waals surface area contributed by atoms with Gasteiger partial charge in [0.15, 0.2) is 0 Å². The van der Waals surface area contributed by atoms with Crippen molar-refractivity contribution in [2.75, 3.05) is 34.4 Å². The van der Waals surface area contributed by atoms with Crippen LogP contribution in [0.1, 0.15) is 70.9 Å². The van der Waals surface area contributed by atoms with Crippen LogP contribution in [0.25, 0.3) is 0 Å². The minimum atomic E-state index is -4.51. The Morgan fingerprint density at radius 3 is 1.84 bits per heavy atom. The van der Waals surface area contributed by atoms with Crippen molar-refractivity contribution in [3.8, 4) is 0 Å². The summed E-state index contributed by atoms with van der Waals surface area (Å²) < 4.78 is 132. The van der Waals surface area contributed by atoms with Gasteiger partial charge in [-0.2, -0.15) is 33.7 Å². The monoisotopic (exact) mass is 900 g/mol. The van der Waals surface area contributed by atoms with Gasteiger partial charge in [0.05, 0.1) is 27.3 Å². The first-order valence-electron chi connectivity index (χ1n) is 17.4. The van der Waals surface area contributed by atoms with Crippen LogP contribution in [0.5, 0.6) is 0 Å². The molecule has 2 heterocycles. The zero-order valence-electron chi connectivity index (χ0n) is 30.7. The van der Waals surface area contributed by atoms with Gasteiger partial charge in [-0.15, -0.1) is 0 Å². The molecule has 304 valence electrons. The molecule has 0 saturated carbocycles. The molecule has 3 aliphatic rings. The molecule has 0 spiro atoms. The van der Waals surface area contributed by atoms with Crippen molar-refractivity contribution in [2.45, 2.75) is 86.5 Å². The summed E-state index contributed by atoms with van der Waals surface area (Å²) >= 11 is 7.05. The second-order valence-electron chi connectivity index (χ2n) is 15.0. The molecule has 0 bridgehead atoms. The molecule has 0 radical (unpaired) electrons. The number of hydrogen-bond donors (Lipinski definition) is 4. The fourth-order valence-electron chi connectivity index (χ4n) is 7.72. The molecule has 2 aromatic rings. The molecule has 0 amide bonds. The van der Waals surface area contributed by atoms with Crippen LogP contribution in [0, 0.1) is 0 Å². The van der Waals surface area contributed by atoms with Crippen LogP contribution in [0.4, 0.5) is 11.4 Å². The molecule has 0 fully saturated rings. The maximum atomic E-state index is 12.0. The predicted molar refractivity (Wildman–Crippen MR) is 218 cm³/mol. The number of nitrogens with zero attached hydrogens (tertiary/aromatic N) is 2. The van der Waals surface area contributed by atoms with Gasteiger partial charge in [0.1, 0.15) is 0 Å². The van der Waals surface area contributed by atoms with E-state index in [9.17, 15) is 51.9 Å². The number of allylic oxidation sites excluding steroid dienone is 7. The first-order valence-corrected chi connectivity index (χ1v) is 23.9. The minimum absolute atomic E-state index is 0. The molecule has 56 heavy (non-hydrogen) atoms. The number of hydrogen-bond acceptors (Lipinski definition) is 10. The Kier molecular flexibility index (Phi) is 14.6. The average Bonchev–Trinajstić information content (AvgIpc) is 3.39.